The van der Waals surface area contributed by atoms with Crippen molar-refractivity contribution in [2.24, 2.45) is 0 Å². The number of hydrogen-bond acceptors (Lipinski definition) is 3. The fourth-order valence-corrected chi connectivity index (χ4v) is 3.48. The highest BCUT2D eigenvalue weighted by molar-refractivity contribution is 6.00. The number of carbonyl (C=O) groups excluding carboxylic acids is 1. The van der Waals surface area contributed by atoms with Gasteiger partial charge in [0.15, 0.2) is 0 Å². The third-order valence-electron chi connectivity index (χ3n) is 4.72. The molecule has 1 aromatic carbocycles. The van der Waals surface area contributed by atoms with E-state index in [4.69, 9.17) is 9.15 Å². The van der Waals surface area contributed by atoms with Crippen molar-refractivity contribution in [2.45, 2.75) is 45.4 Å². The fourth-order valence-electron chi connectivity index (χ4n) is 3.48. The first-order chi connectivity index (χ1) is 12.2. The second-order valence-corrected chi connectivity index (χ2v) is 6.64. The van der Waals surface area contributed by atoms with E-state index in [-0.39, 0.29) is 18.1 Å². The first-order valence-electron chi connectivity index (χ1n) is 8.78. The monoisotopic (exact) mass is 338 g/mol. The Morgan fingerprint density at radius 1 is 1.36 bits per heavy atom. The molecule has 0 aliphatic carbocycles. The van der Waals surface area contributed by atoms with Crippen LogP contribution in [0.25, 0.3) is 10.9 Å². The van der Waals surface area contributed by atoms with E-state index in [1.54, 1.807) is 6.26 Å². The smallest absolute Gasteiger partial charge is 0.268 e. The number of carbonyl (C=O) groups is 1. The van der Waals surface area contributed by atoms with Gasteiger partial charge in [0.25, 0.3) is 5.91 Å². The summed E-state index contributed by atoms with van der Waals surface area (Å²) in [6.07, 6.45) is 3.33. The summed E-state index contributed by atoms with van der Waals surface area (Å²) in [7, 11) is 0. The van der Waals surface area contributed by atoms with Gasteiger partial charge in [-0.05, 0) is 37.6 Å². The van der Waals surface area contributed by atoms with Gasteiger partial charge in [0.05, 0.1) is 18.3 Å². The Bertz CT molecular complexity index is 895. The Morgan fingerprint density at radius 3 is 3.00 bits per heavy atom. The molecule has 1 aliphatic rings. The molecule has 3 heterocycles. The van der Waals surface area contributed by atoms with Gasteiger partial charge in [-0.1, -0.05) is 19.1 Å². The molecule has 5 heteroatoms. The van der Waals surface area contributed by atoms with Crippen molar-refractivity contribution in [1.29, 1.82) is 0 Å². The van der Waals surface area contributed by atoms with E-state index < -0.39 is 0 Å². The molecule has 0 radical (unpaired) electrons. The number of aromatic nitrogens is 1. The third-order valence-corrected chi connectivity index (χ3v) is 4.72. The number of nitrogens with zero attached hydrogens (tertiary/aromatic N) is 1. The van der Waals surface area contributed by atoms with E-state index >= 15 is 0 Å². The number of nitrogens with one attached hydrogen (secondary N) is 1. The van der Waals surface area contributed by atoms with Crippen molar-refractivity contribution < 1.29 is 13.9 Å². The number of benzene rings is 1. The zero-order valence-corrected chi connectivity index (χ0v) is 14.5. The van der Waals surface area contributed by atoms with Crippen molar-refractivity contribution in [3.63, 3.8) is 0 Å². The van der Waals surface area contributed by atoms with Gasteiger partial charge in [0.2, 0.25) is 0 Å². The van der Waals surface area contributed by atoms with Crippen LogP contribution in [0.15, 0.2) is 47.1 Å². The van der Waals surface area contributed by atoms with Crippen molar-refractivity contribution in [1.82, 2.24) is 9.88 Å². The predicted octanol–water partition coefficient (Wildman–Crippen LogP) is 3.77. The topological polar surface area (TPSA) is 56.4 Å². The first-order valence-corrected chi connectivity index (χ1v) is 8.78. The summed E-state index contributed by atoms with van der Waals surface area (Å²) in [5, 5.41) is 4.12. The molecule has 1 amide bonds. The lowest BCUT2D eigenvalue weighted by Gasteiger charge is -2.26. The Kier molecular flexibility index (Phi) is 3.99. The highest BCUT2D eigenvalue weighted by Gasteiger charge is 2.26. The molecule has 25 heavy (non-hydrogen) atoms. The summed E-state index contributed by atoms with van der Waals surface area (Å²) < 4.78 is 13.5. The zero-order valence-electron chi connectivity index (χ0n) is 14.5. The summed E-state index contributed by atoms with van der Waals surface area (Å²) in [4.78, 5) is 12.9. The Labute approximate surface area is 146 Å². The molecule has 1 aliphatic heterocycles. The average Bonchev–Trinajstić information content (AvgIpc) is 3.23. The molecule has 2 aromatic heterocycles. The van der Waals surface area contributed by atoms with Crippen LogP contribution >= 0.6 is 0 Å². The second-order valence-electron chi connectivity index (χ2n) is 6.64. The van der Waals surface area contributed by atoms with Crippen LogP contribution in [-0.2, 0) is 13.0 Å². The molecule has 0 saturated heterocycles. The SMILES string of the molecule is CC[C@@H]1Cn2c(C(=O)N[C@H](C)Cc3ccco3)cc3cccc(c32)O1. The second kappa shape index (κ2) is 6.31. The first kappa shape index (κ1) is 15.8. The van der Waals surface area contributed by atoms with Crippen LogP contribution in [0.1, 0.15) is 36.5 Å². The molecular weight excluding hydrogens is 316 g/mol. The number of furan rings is 1. The molecule has 5 nitrogen and oxygen atoms in total. The number of ether oxygens (including phenoxy) is 1. The van der Waals surface area contributed by atoms with Gasteiger partial charge in [-0.25, -0.2) is 0 Å². The molecule has 0 saturated carbocycles. The molecule has 4 rings (SSSR count). The van der Waals surface area contributed by atoms with Crippen molar-refractivity contribution in [3.8, 4) is 5.75 Å². The van der Waals surface area contributed by atoms with E-state index in [1.165, 1.54) is 0 Å². The van der Waals surface area contributed by atoms with E-state index in [2.05, 4.69) is 16.8 Å². The quantitative estimate of drug-likeness (QED) is 0.770. The molecule has 0 bridgehead atoms. The summed E-state index contributed by atoms with van der Waals surface area (Å²) >= 11 is 0. The zero-order chi connectivity index (χ0) is 17.4. The van der Waals surface area contributed by atoms with Gasteiger partial charge in [-0.15, -0.1) is 0 Å². The molecule has 130 valence electrons. The third kappa shape index (κ3) is 2.90. The van der Waals surface area contributed by atoms with E-state index in [0.29, 0.717) is 18.7 Å². The minimum absolute atomic E-state index is 0.00857. The average molecular weight is 338 g/mol. The van der Waals surface area contributed by atoms with Gasteiger partial charge in [-0.3, -0.25) is 4.79 Å². The van der Waals surface area contributed by atoms with Gasteiger partial charge in [0.1, 0.15) is 23.3 Å². The minimum Gasteiger partial charge on any atom is -0.486 e. The Morgan fingerprint density at radius 2 is 2.24 bits per heavy atom. The highest BCUT2D eigenvalue weighted by Crippen LogP contribution is 2.34. The maximum absolute atomic E-state index is 12.9. The highest BCUT2D eigenvalue weighted by atomic mass is 16.5. The minimum atomic E-state index is -0.0574. The molecular formula is C20H22N2O3. The lowest BCUT2D eigenvalue weighted by atomic mass is 10.2. The standard InChI is InChI=1S/C20H22N2O3/c1-3-15-12-22-17(11-14-6-4-8-18(25-15)19(14)22)20(23)21-13(2)10-16-7-5-9-24-16/h4-9,11,13,15H,3,10,12H2,1-2H3,(H,21,23)/t13-,15-/m1/s1. The summed E-state index contributed by atoms with van der Waals surface area (Å²) in [5.74, 6) is 1.67. The molecule has 3 aromatic rings. The Balaban J connectivity index is 1.61. The van der Waals surface area contributed by atoms with Gasteiger partial charge >= 0.3 is 0 Å². The van der Waals surface area contributed by atoms with Gasteiger partial charge in [0, 0.05) is 17.8 Å². The molecule has 0 unspecified atom stereocenters. The van der Waals surface area contributed by atoms with Gasteiger partial charge in [-0.2, -0.15) is 0 Å². The van der Waals surface area contributed by atoms with Crippen LogP contribution in [0.3, 0.4) is 0 Å². The summed E-state index contributed by atoms with van der Waals surface area (Å²) in [5.41, 5.74) is 1.70. The van der Waals surface area contributed by atoms with E-state index in [0.717, 1.165) is 28.8 Å². The van der Waals surface area contributed by atoms with Crippen molar-refractivity contribution in [3.05, 3.63) is 54.1 Å². The van der Waals surface area contributed by atoms with Crippen LogP contribution in [0, 0.1) is 0 Å². The van der Waals surface area contributed by atoms with Crippen LogP contribution in [-0.4, -0.2) is 22.6 Å². The number of rotatable bonds is 5. The normalized spacial score (nSPS) is 17.3. The largest absolute Gasteiger partial charge is 0.486 e. The maximum atomic E-state index is 12.9. The van der Waals surface area contributed by atoms with Crippen molar-refractivity contribution in [2.75, 3.05) is 0 Å². The summed E-state index contributed by atoms with van der Waals surface area (Å²) in [6, 6.07) is 11.7. The number of hydrogen-bond donors (Lipinski definition) is 1. The van der Waals surface area contributed by atoms with Crippen LogP contribution in [0.2, 0.25) is 0 Å². The lowest BCUT2D eigenvalue weighted by molar-refractivity contribution is 0.0923. The maximum Gasteiger partial charge on any atom is 0.268 e. The van der Waals surface area contributed by atoms with Crippen LogP contribution in [0.5, 0.6) is 5.75 Å². The molecule has 0 fully saturated rings. The number of para-hydroxylation sites is 1. The van der Waals surface area contributed by atoms with E-state index in [9.17, 15) is 4.79 Å². The molecule has 0 spiro atoms. The molecule has 2 atom stereocenters. The van der Waals surface area contributed by atoms with E-state index in [1.807, 2.05) is 43.3 Å². The van der Waals surface area contributed by atoms with Crippen molar-refractivity contribution >= 4 is 16.8 Å². The predicted molar refractivity (Wildman–Crippen MR) is 96.0 cm³/mol. The summed E-state index contributed by atoms with van der Waals surface area (Å²) in [6.45, 7) is 4.79. The Hall–Kier alpha value is -2.69. The van der Waals surface area contributed by atoms with Crippen LogP contribution < -0.4 is 10.1 Å². The van der Waals surface area contributed by atoms with Crippen LogP contribution in [0.4, 0.5) is 0 Å². The number of amides is 1. The lowest BCUT2D eigenvalue weighted by Crippen LogP contribution is -2.36. The molecule has 1 N–H and O–H groups in total. The van der Waals surface area contributed by atoms with Gasteiger partial charge < -0.3 is 19.0 Å². The fraction of sp³-hybridized carbons (Fsp3) is 0.350.